The predicted octanol–water partition coefficient (Wildman–Crippen LogP) is 0.138. The molecule has 0 bridgehead atoms. The molecule has 0 unspecified atom stereocenters. The van der Waals surface area contributed by atoms with E-state index in [1.165, 1.54) is 12.1 Å². The molecule has 6 nitrogen and oxygen atoms in total. The third-order valence-corrected chi connectivity index (χ3v) is 3.37. The number of halogens is 1. The van der Waals surface area contributed by atoms with Gasteiger partial charge in [0.25, 0.3) is 0 Å². The van der Waals surface area contributed by atoms with Crippen LogP contribution in [0.2, 0.25) is 0 Å². The van der Waals surface area contributed by atoms with Crippen molar-refractivity contribution >= 4 is 11.9 Å². The summed E-state index contributed by atoms with van der Waals surface area (Å²) >= 11 is 0. The number of primary amides is 1. The van der Waals surface area contributed by atoms with Crippen LogP contribution in [0.15, 0.2) is 24.3 Å². The van der Waals surface area contributed by atoms with Gasteiger partial charge in [-0.3, -0.25) is 9.69 Å². The second kappa shape index (κ2) is 7.03. The molecule has 1 fully saturated rings. The van der Waals surface area contributed by atoms with E-state index < -0.39 is 0 Å². The number of nitrogens with one attached hydrogen (secondary N) is 1. The zero-order valence-corrected chi connectivity index (χ0v) is 11.7. The van der Waals surface area contributed by atoms with Crippen molar-refractivity contribution in [3.8, 4) is 0 Å². The van der Waals surface area contributed by atoms with Gasteiger partial charge in [0.1, 0.15) is 5.82 Å². The van der Waals surface area contributed by atoms with Crippen LogP contribution < -0.4 is 11.1 Å². The summed E-state index contributed by atoms with van der Waals surface area (Å²) in [5.41, 5.74) is 5.86. The summed E-state index contributed by atoms with van der Waals surface area (Å²) < 4.78 is 13.0. The molecule has 114 valence electrons. The molecule has 0 aromatic heterocycles. The van der Waals surface area contributed by atoms with E-state index in [2.05, 4.69) is 5.32 Å². The van der Waals surface area contributed by atoms with Crippen molar-refractivity contribution in [2.45, 2.75) is 6.54 Å². The maximum atomic E-state index is 13.0. The summed E-state index contributed by atoms with van der Waals surface area (Å²) in [6, 6.07) is 5.94. The van der Waals surface area contributed by atoms with E-state index in [0.717, 1.165) is 5.56 Å². The summed E-state index contributed by atoms with van der Waals surface area (Å²) in [4.78, 5) is 26.4. The van der Waals surface area contributed by atoms with Crippen LogP contribution in [-0.4, -0.2) is 54.5 Å². The molecule has 1 aromatic carbocycles. The molecule has 0 radical (unpaired) electrons. The highest BCUT2D eigenvalue weighted by Crippen LogP contribution is 2.05. The van der Waals surface area contributed by atoms with Crippen molar-refractivity contribution in [1.82, 2.24) is 15.1 Å². The average Bonchev–Trinajstić information content (AvgIpc) is 2.45. The lowest BCUT2D eigenvalue weighted by atomic mass is 10.2. The molecule has 1 aliphatic heterocycles. The average molecular weight is 294 g/mol. The molecule has 0 spiro atoms. The van der Waals surface area contributed by atoms with E-state index >= 15 is 0 Å². The summed E-state index contributed by atoms with van der Waals surface area (Å²) in [5.74, 6) is -0.680. The second-order valence-corrected chi connectivity index (χ2v) is 5.02. The molecular formula is C14H19FN4O2. The van der Waals surface area contributed by atoms with Crippen molar-refractivity contribution in [3.63, 3.8) is 0 Å². The van der Waals surface area contributed by atoms with E-state index in [0.29, 0.717) is 26.2 Å². The molecule has 3 N–H and O–H groups in total. The molecule has 1 aromatic rings. The second-order valence-electron chi connectivity index (χ2n) is 5.02. The molecule has 21 heavy (non-hydrogen) atoms. The maximum Gasteiger partial charge on any atom is 0.317 e. The molecular weight excluding hydrogens is 275 g/mol. The number of nitrogens with zero attached hydrogens (tertiary/aromatic N) is 2. The minimum absolute atomic E-state index is 0.182. The Hall–Kier alpha value is -2.15. The fourth-order valence-electron chi connectivity index (χ4n) is 2.27. The molecule has 3 amide bonds. The van der Waals surface area contributed by atoms with Crippen LogP contribution in [-0.2, 0) is 11.3 Å². The monoisotopic (exact) mass is 294 g/mol. The zero-order valence-electron chi connectivity index (χ0n) is 11.7. The minimum atomic E-state index is -0.362. The van der Waals surface area contributed by atoms with Gasteiger partial charge >= 0.3 is 6.03 Å². The van der Waals surface area contributed by atoms with E-state index in [1.807, 2.05) is 4.90 Å². The van der Waals surface area contributed by atoms with Crippen LogP contribution >= 0.6 is 0 Å². The Morgan fingerprint density at radius 1 is 1.24 bits per heavy atom. The molecule has 1 aliphatic rings. The van der Waals surface area contributed by atoms with Crippen LogP contribution in [0.5, 0.6) is 0 Å². The van der Waals surface area contributed by atoms with Crippen LogP contribution in [0.1, 0.15) is 5.56 Å². The lowest BCUT2D eigenvalue weighted by Crippen LogP contribution is -2.53. The molecule has 0 saturated carbocycles. The van der Waals surface area contributed by atoms with Gasteiger partial charge in [-0.05, 0) is 17.7 Å². The van der Waals surface area contributed by atoms with Gasteiger partial charge in [0.2, 0.25) is 5.91 Å². The Labute approximate surface area is 122 Å². The predicted molar refractivity (Wildman–Crippen MR) is 75.8 cm³/mol. The van der Waals surface area contributed by atoms with Gasteiger partial charge in [0.15, 0.2) is 0 Å². The van der Waals surface area contributed by atoms with Crippen molar-refractivity contribution in [2.24, 2.45) is 5.73 Å². The zero-order chi connectivity index (χ0) is 15.2. The lowest BCUT2D eigenvalue weighted by molar-refractivity contribution is -0.119. The van der Waals surface area contributed by atoms with Gasteiger partial charge in [-0.2, -0.15) is 0 Å². The number of nitrogens with two attached hydrogens (primary N) is 1. The Bertz CT molecular complexity index is 515. The smallest absolute Gasteiger partial charge is 0.317 e. The standard InChI is InChI=1S/C14H19FN4O2/c15-12-3-1-2-11(8-12)9-17-14(21)19-6-4-18(5-7-19)10-13(16)20/h1-3,8H,4-7,9-10H2,(H2,16,20)(H,17,21). The third-order valence-electron chi connectivity index (χ3n) is 3.37. The topological polar surface area (TPSA) is 78.7 Å². The van der Waals surface area contributed by atoms with Gasteiger partial charge in [-0.25, -0.2) is 9.18 Å². The Kier molecular flexibility index (Phi) is 5.10. The van der Waals surface area contributed by atoms with E-state index in [-0.39, 0.29) is 30.8 Å². The van der Waals surface area contributed by atoms with Crippen LogP contribution in [0.4, 0.5) is 9.18 Å². The first-order valence-corrected chi connectivity index (χ1v) is 6.82. The summed E-state index contributed by atoms with van der Waals surface area (Å²) in [5, 5.41) is 2.76. The van der Waals surface area contributed by atoms with Crippen LogP contribution in [0.3, 0.4) is 0 Å². The van der Waals surface area contributed by atoms with E-state index in [1.54, 1.807) is 17.0 Å². The fourth-order valence-corrected chi connectivity index (χ4v) is 2.27. The Morgan fingerprint density at radius 3 is 2.57 bits per heavy atom. The molecule has 7 heteroatoms. The first-order chi connectivity index (χ1) is 10.0. The molecule has 1 saturated heterocycles. The first-order valence-electron chi connectivity index (χ1n) is 6.82. The summed E-state index contributed by atoms with van der Waals surface area (Å²) in [7, 11) is 0. The minimum Gasteiger partial charge on any atom is -0.369 e. The van der Waals surface area contributed by atoms with Gasteiger partial charge in [-0.1, -0.05) is 12.1 Å². The molecule has 2 rings (SSSR count). The lowest BCUT2D eigenvalue weighted by Gasteiger charge is -2.33. The molecule has 0 aliphatic carbocycles. The fraction of sp³-hybridized carbons (Fsp3) is 0.429. The number of amides is 3. The van der Waals surface area contributed by atoms with Crippen LogP contribution in [0.25, 0.3) is 0 Å². The summed E-state index contributed by atoms with van der Waals surface area (Å²) in [6.45, 7) is 2.84. The number of carbonyl (C=O) groups is 2. The van der Waals surface area contributed by atoms with Crippen molar-refractivity contribution in [1.29, 1.82) is 0 Å². The highest BCUT2D eigenvalue weighted by atomic mass is 19.1. The Morgan fingerprint density at radius 2 is 1.95 bits per heavy atom. The van der Waals surface area contributed by atoms with Gasteiger partial charge in [-0.15, -0.1) is 0 Å². The highest BCUT2D eigenvalue weighted by Gasteiger charge is 2.21. The number of hydrogen-bond acceptors (Lipinski definition) is 3. The van der Waals surface area contributed by atoms with E-state index in [9.17, 15) is 14.0 Å². The first kappa shape index (κ1) is 15.2. The Balaban J connectivity index is 1.76. The summed E-state index contributed by atoms with van der Waals surface area (Å²) in [6.07, 6.45) is 0. The van der Waals surface area contributed by atoms with Crippen molar-refractivity contribution in [3.05, 3.63) is 35.6 Å². The van der Waals surface area contributed by atoms with Crippen molar-refractivity contribution in [2.75, 3.05) is 32.7 Å². The SMILES string of the molecule is NC(=O)CN1CCN(C(=O)NCc2cccc(F)c2)CC1. The number of urea groups is 1. The normalized spacial score (nSPS) is 15.8. The number of rotatable bonds is 4. The molecule has 0 atom stereocenters. The quantitative estimate of drug-likeness (QED) is 0.829. The number of benzene rings is 1. The highest BCUT2D eigenvalue weighted by molar-refractivity contribution is 5.76. The van der Waals surface area contributed by atoms with Crippen molar-refractivity contribution < 1.29 is 14.0 Å². The third kappa shape index (κ3) is 4.71. The van der Waals surface area contributed by atoms with Gasteiger partial charge in [0, 0.05) is 32.7 Å². The van der Waals surface area contributed by atoms with Gasteiger partial charge in [0.05, 0.1) is 6.54 Å². The van der Waals surface area contributed by atoms with E-state index in [4.69, 9.17) is 5.73 Å². The number of hydrogen-bond donors (Lipinski definition) is 2. The molecule has 1 heterocycles. The number of carbonyl (C=O) groups excluding carboxylic acids is 2. The largest absolute Gasteiger partial charge is 0.369 e. The van der Waals surface area contributed by atoms with Gasteiger partial charge < -0.3 is 16.0 Å². The van der Waals surface area contributed by atoms with Crippen LogP contribution in [0, 0.1) is 5.82 Å². The number of piperazine rings is 1. The maximum absolute atomic E-state index is 13.0.